The first-order valence-electron chi connectivity index (χ1n) is 6.83. The summed E-state index contributed by atoms with van der Waals surface area (Å²) in [5.41, 5.74) is 1.64. The van der Waals surface area contributed by atoms with Crippen LogP contribution in [0.25, 0.3) is 5.69 Å². The molecule has 0 aliphatic heterocycles. The maximum Gasteiger partial charge on any atom is 0.251 e. The SMILES string of the molecule is CSC(CO)C(C)NC(=O)c1ccc(-n2cccc2)cc1. The fourth-order valence-corrected chi connectivity index (χ4v) is 2.74. The molecule has 0 aliphatic carbocycles. The number of nitrogens with one attached hydrogen (secondary N) is 1. The minimum absolute atomic E-state index is 0.00750. The van der Waals surface area contributed by atoms with Crippen molar-refractivity contribution in [1.29, 1.82) is 0 Å². The Morgan fingerprint density at radius 1 is 1.29 bits per heavy atom. The van der Waals surface area contributed by atoms with Gasteiger partial charge in [0.2, 0.25) is 0 Å². The Kier molecular flexibility index (Phi) is 5.47. The van der Waals surface area contributed by atoms with Gasteiger partial charge in [-0.3, -0.25) is 4.79 Å². The summed E-state index contributed by atoms with van der Waals surface area (Å²) < 4.78 is 1.99. The molecule has 0 fully saturated rings. The largest absolute Gasteiger partial charge is 0.395 e. The summed E-state index contributed by atoms with van der Waals surface area (Å²) in [6, 6.07) is 11.3. The molecule has 0 bridgehead atoms. The fraction of sp³-hybridized carbons (Fsp3) is 0.312. The van der Waals surface area contributed by atoms with Crippen LogP contribution in [0.4, 0.5) is 0 Å². The van der Waals surface area contributed by atoms with Crippen LogP contribution in [0, 0.1) is 0 Å². The highest BCUT2D eigenvalue weighted by atomic mass is 32.2. The van der Waals surface area contributed by atoms with Crippen molar-refractivity contribution in [2.75, 3.05) is 12.9 Å². The Morgan fingerprint density at radius 2 is 1.90 bits per heavy atom. The topological polar surface area (TPSA) is 54.3 Å². The lowest BCUT2D eigenvalue weighted by molar-refractivity contribution is 0.0936. The zero-order valence-corrected chi connectivity index (χ0v) is 13.0. The van der Waals surface area contributed by atoms with E-state index in [1.54, 1.807) is 11.8 Å². The van der Waals surface area contributed by atoms with E-state index in [9.17, 15) is 9.90 Å². The van der Waals surface area contributed by atoms with E-state index in [2.05, 4.69) is 5.32 Å². The van der Waals surface area contributed by atoms with Crippen LogP contribution in [0.3, 0.4) is 0 Å². The van der Waals surface area contributed by atoms with Gasteiger partial charge in [-0.1, -0.05) is 0 Å². The van der Waals surface area contributed by atoms with Gasteiger partial charge >= 0.3 is 0 Å². The van der Waals surface area contributed by atoms with Gasteiger partial charge in [-0.2, -0.15) is 11.8 Å². The first-order valence-corrected chi connectivity index (χ1v) is 8.12. The van der Waals surface area contributed by atoms with Gasteiger partial charge in [-0.15, -0.1) is 0 Å². The number of hydrogen-bond acceptors (Lipinski definition) is 3. The molecular formula is C16H20N2O2S. The van der Waals surface area contributed by atoms with E-state index < -0.39 is 0 Å². The van der Waals surface area contributed by atoms with E-state index in [1.807, 2.05) is 66.5 Å². The highest BCUT2D eigenvalue weighted by Gasteiger charge is 2.18. The molecule has 0 saturated carbocycles. The predicted molar refractivity (Wildman–Crippen MR) is 87.1 cm³/mol. The minimum atomic E-state index is -0.117. The number of benzene rings is 1. The van der Waals surface area contributed by atoms with E-state index in [0.717, 1.165) is 5.69 Å². The molecule has 2 atom stereocenters. The van der Waals surface area contributed by atoms with Crippen LogP contribution in [0.2, 0.25) is 0 Å². The van der Waals surface area contributed by atoms with E-state index in [-0.39, 0.29) is 23.8 Å². The number of aromatic nitrogens is 1. The zero-order chi connectivity index (χ0) is 15.2. The molecule has 0 spiro atoms. The molecule has 21 heavy (non-hydrogen) atoms. The maximum atomic E-state index is 12.2. The molecule has 0 saturated heterocycles. The summed E-state index contributed by atoms with van der Waals surface area (Å²) in [4.78, 5) is 12.2. The van der Waals surface area contributed by atoms with Gasteiger partial charge in [-0.25, -0.2) is 0 Å². The highest BCUT2D eigenvalue weighted by Crippen LogP contribution is 2.13. The van der Waals surface area contributed by atoms with Crippen LogP contribution >= 0.6 is 11.8 Å². The molecule has 1 amide bonds. The van der Waals surface area contributed by atoms with Crippen molar-refractivity contribution in [3.63, 3.8) is 0 Å². The number of rotatable bonds is 6. The van der Waals surface area contributed by atoms with Crippen LogP contribution in [0.15, 0.2) is 48.8 Å². The average molecular weight is 304 g/mol. The van der Waals surface area contributed by atoms with Crippen LogP contribution < -0.4 is 5.32 Å². The van der Waals surface area contributed by atoms with Crippen molar-refractivity contribution < 1.29 is 9.90 Å². The predicted octanol–water partition coefficient (Wildman–Crippen LogP) is 2.32. The molecule has 1 heterocycles. The minimum Gasteiger partial charge on any atom is -0.395 e. The van der Waals surface area contributed by atoms with E-state index in [1.165, 1.54) is 0 Å². The number of hydrogen-bond donors (Lipinski definition) is 2. The van der Waals surface area contributed by atoms with E-state index in [4.69, 9.17) is 0 Å². The van der Waals surface area contributed by atoms with Crippen molar-refractivity contribution in [2.24, 2.45) is 0 Å². The lowest BCUT2D eigenvalue weighted by Crippen LogP contribution is -2.41. The van der Waals surface area contributed by atoms with Crippen molar-refractivity contribution in [3.8, 4) is 5.69 Å². The lowest BCUT2D eigenvalue weighted by atomic mass is 10.1. The first-order chi connectivity index (χ1) is 10.2. The second kappa shape index (κ2) is 7.33. The van der Waals surface area contributed by atoms with Gasteiger partial charge in [0.05, 0.1) is 6.61 Å². The van der Waals surface area contributed by atoms with Crippen molar-refractivity contribution in [1.82, 2.24) is 9.88 Å². The standard InChI is InChI=1S/C16H20N2O2S/c1-12(15(11-19)21-2)17-16(20)13-5-7-14(8-6-13)18-9-3-4-10-18/h3-10,12,15,19H,11H2,1-2H3,(H,17,20). The molecule has 2 aromatic rings. The number of thioether (sulfide) groups is 1. The Balaban J connectivity index is 2.03. The number of amides is 1. The number of aliphatic hydroxyl groups excluding tert-OH is 1. The average Bonchev–Trinajstić information content (AvgIpc) is 3.03. The smallest absolute Gasteiger partial charge is 0.251 e. The summed E-state index contributed by atoms with van der Waals surface area (Å²) in [6.45, 7) is 1.96. The third-order valence-electron chi connectivity index (χ3n) is 3.43. The van der Waals surface area contributed by atoms with E-state index in [0.29, 0.717) is 5.56 Å². The second-order valence-electron chi connectivity index (χ2n) is 4.86. The summed E-state index contributed by atoms with van der Waals surface area (Å²) >= 11 is 1.55. The van der Waals surface area contributed by atoms with Crippen LogP contribution in [-0.2, 0) is 0 Å². The lowest BCUT2D eigenvalue weighted by Gasteiger charge is -2.21. The summed E-state index contributed by atoms with van der Waals surface area (Å²) in [6.07, 6.45) is 5.85. The Bertz CT molecular complexity index is 562. The van der Waals surface area contributed by atoms with Crippen molar-refractivity contribution in [3.05, 3.63) is 54.4 Å². The van der Waals surface area contributed by atoms with Gasteiger partial charge in [0.1, 0.15) is 0 Å². The Hall–Kier alpha value is -1.72. The Morgan fingerprint density at radius 3 is 2.43 bits per heavy atom. The van der Waals surface area contributed by atoms with Gasteiger partial charge in [0.15, 0.2) is 0 Å². The van der Waals surface area contributed by atoms with Crippen LogP contribution in [0.5, 0.6) is 0 Å². The van der Waals surface area contributed by atoms with Gasteiger partial charge in [-0.05, 0) is 49.6 Å². The van der Waals surface area contributed by atoms with Crippen molar-refractivity contribution >= 4 is 17.7 Å². The summed E-state index contributed by atoms with van der Waals surface area (Å²) in [7, 11) is 0. The van der Waals surface area contributed by atoms with Gasteiger partial charge < -0.3 is 15.0 Å². The molecule has 1 aromatic heterocycles. The van der Waals surface area contributed by atoms with Crippen LogP contribution in [-0.4, -0.2) is 39.7 Å². The third-order valence-corrected chi connectivity index (χ3v) is 4.59. The normalized spacial score (nSPS) is 13.7. The first kappa shape index (κ1) is 15.7. The molecule has 5 heteroatoms. The molecule has 4 nitrogen and oxygen atoms in total. The number of carbonyl (C=O) groups excluding carboxylic acids is 1. The van der Waals surface area contributed by atoms with Gasteiger partial charge in [0, 0.05) is 34.9 Å². The molecule has 0 radical (unpaired) electrons. The number of carbonyl (C=O) groups is 1. The zero-order valence-electron chi connectivity index (χ0n) is 12.2. The molecular weight excluding hydrogens is 284 g/mol. The maximum absolute atomic E-state index is 12.2. The number of aliphatic hydroxyl groups is 1. The van der Waals surface area contributed by atoms with Crippen molar-refractivity contribution in [2.45, 2.75) is 18.2 Å². The summed E-state index contributed by atoms with van der Waals surface area (Å²) in [5, 5.41) is 12.2. The molecule has 2 unspecified atom stereocenters. The quantitative estimate of drug-likeness (QED) is 0.861. The molecule has 112 valence electrons. The summed E-state index contributed by atoms with van der Waals surface area (Å²) in [5.74, 6) is -0.117. The monoisotopic (exact) mass is 304 g/mol. The molecule has 2 N–H and O–H groups in total. The Labute approximate surface area is 129 Å². The van der Waals surface area contributed by atoms with Gasteiger partial charge in [0.25, 0.3) is 5.91 Å². The molecule has 1 aromatic carbocycles. The highest BCUT2D eigenvalue weighted by molar-refractivity contribution is 7.99. The van der Waals surface area contributed by atoms with Crippen LogP contribution in [0.1, 0.15) is 17.3 Å². The number of nitrogens with zero attached hydrogens (tertiary/aromatic N) is 1. The second-order valence-corrected chi connectivity index (χ2v) is 5.93. The fourth-order valence-electron chi connectivity index (χ4n) is 2.11. The van der Waals surface area contributed by atoms with E-state index >= 15 is 0 Å². The molecule has 0 aliphatic rings. The molecule has 2 rings (SSSR count). The third kappa shape index (κ3) is 3.89.